The summed E-state index contributed by atoms with van der Waals surface area (Å²) in [6.45, 7) is 6.05. The average molecular weight is 291 g/mol. The topological polar surface area (TPSA) is 12.0 Å². The van der Waals surface area contributed by atoms with E-state index < -0.39 is 12.6 Å². The molecule has 1 nitrogen and oxygen atoms in total. The van der Waals surface area contributed by atoms with Gasteiger partial charge in [-0.25, -0.2) is 0 Å². The molecule has 0 atom stereocenters. The largest absolute Gasteiger partial charge is 0.389 e. The maximum absolute atomic E-state index is 12.0. The minimum absolute atomic E-state index is 0.0778. The third-order valence-electron chi connectivity index (χ3n) is 2.46. The highest BCUT2D eigenvalue weighted by Crippen LogP contribution is 2.26. The molecule has 1 aromatic carbocycles. The lowest BCUT2D eigenvalue weighted by Crippen LogP contribution is -2.18. The van der Waals surface area contributed by atoms with E-state index in [2.05, 4.69) is 19.2 Å². The zero-order chi connectivity index (χ0) is 14.3. The molecule has 1 N–H and O–H groups in total. The van der Waals surface area contributed by atoms with Gasteiger partial charge in [-0.3, -0.25) is 0 Å². The van der Waals surface area contributed by atoms with E-state index >= 15 is 0 Å². The third kappa shape index (κ3) is 8.16. The minimum Gasteiger partial charge on any atom is -0.312 e. The molecule has 0 heterocycles. The van der Waals surface area contributed by atoms with Crippen molar-refractivity contribution in [1.29, 1.82) is 0 Å². The first-order valence-electron chi connectivity index (χ1n) is 6.36. The van der Waals surface area contributed by atoms with Crippen LogP contribution in [0.1, 0.15) is 25.8 Å². The highest BCUT2D eigenvalue weighted by molar-refractivity contribution is 7.99. The predicted molar refractivity (Wildman–Crippen MR) is 74.4 cm³/mol. The second kappa shape index (κ2) is 7.80. The van der Waals surface area contributed by atoms with Crippen molar-refractivity contribution >= 4 is 11.8 Å². The van der Waals surface area contributed by atoms with Gasteiger partial charge in [0.1, 0.15) is 0 Å². The number of thioether (sulfide) groups is 1. The average Bonchev–Trinajstić information content (AvgIpc) is 2.29. The number of nitrogens with one attached hydrogen (secondary N) is 1. The van der Waals surface area contributed by atoms with Crippen molar-refractivity contribution in [2.45, 2.75) is 37.9 Å². The fourth-order valence-electron chi connectivity index (χ4n) is 1.49. The molecule has 108 valence electrons. The van der Waals surface area contributed by atoms with Gasteiger partial charge in [-0.15, -0.1) is 11.8 Å². The van der Waals surface area contributed by atoms with Crippen LogP contribution in [0.4, 0.5) is 13.2 Å². The lowest BCUT2D eigenvalue weighted by atomic mass is 10.2. The Hall–Kier alpha value is -0.680. The Kier molecular flexibility index (Phi) is 6.72. The Balaban J connectivity index is 2.31. The lowest BCUT2D eigenvalue weighted by molar-refractivity contribution is -0.129. The van der Waals surface area contributed by atoms with E-state index in [1.807, 2.05) is 24.3 Å². The second-order valence-electron chi connectivity index (χ2n) is 4.88. The molecule has 19 heavy (non-hydrogen) atoms. The van der Waals surface area contributed by atoms with Gasteiger partial charge in [0.25, 0.3) is 0 Å². The van der Waals surface area contributed by atoms with E-state index in [0.717, 1.165) is 23.5 Å². The molecule has 0 aliphatic heterocycles. The van der Waals surface area contributed by atoms with Crippen molar-refractivity contribution in [3.63, 3.8) is 0 Å². The van der Waals surface area contributed by atoms with Crippen molar-refractivity contribution < 1.29 is 13.2 Å². The summed E-state index contributed by atoms with van der Waals surface area (Å²) >= 11 is 1.24. The number of hydrogen-bond acceptors (Lipinski definition) is 2. The summed E-state index contributed by atoms with van der Waals surface area (Å²) in [6.07, 6.45) is -4.80. The van der Waals surface area contributed by atoms with Crippen LogP contribution in [-0.2, 0) is 6.54 Å². The van der Waals surface area contributed by atoms with Gasteiger partial charge in [0.05, 0.1) is 6.42 Å². The molecule has 0 aliphatic rings. The van der Waals surface area contributed by atoms with Crippen LogP contribution in [0, 0.1) is 5.92 Å². The number of benzene rings is 1. The van der Waals surface area contributed by atoms with Crippen LogP contribution >= 0.6 is 11.8 Å². The van der Waals surface area contributed by atoms with Crippen molar-refractivity contribution in [3.05, 3.63) is 29.8 Å². The molecule has 0 saturated heterocycles. The first-order chi connectivity index (χ1) is 8.87. The maximum Gasteiger partial charge on any atom is 0.389 e. The van der Waals surface area contributed by atoms with Crippen LogP contribution in [0.5, 0.6) is 0 Å². The maximum atomic E-state index is 12.0. The molecule has 0 aromatic heterocycles. The minimum atomic E-state index is -4.06. The molecule has 0 unspecified atom stereocenters. The van der Waals surface area contributed by atoms with Gasteiger partial charge in [0, 0.05) is 17.2 Å². The fourth-order valence-corrected chi connectivity index (χ4v) is 2.39. The monoisotopic (exact) mass is 291 g/mol. The van der Waals surface area contributed by atoms with E-state index in [9.17, 15) is 13.2 Å². The summed E-state index contributed by atoms with van der Waals surface area (Å²) in [4.78, 5) is 0.886. The van der Waals surface area contributed by atoms with Gasteiger partial charge in [-0.1, -0.05) is 26.0 Å². The van der Waals surface area contributed by atoms with Gasteiger partial charge < -0.3 is 5.32 Å². The van der Waals surface area contributed by atoms with Crippen LogP contribution in [-0.4, -0.2) is 18.5 Å². The van der Waals surface area contributed by atoms with E-state index in [1.54, 1.807) is 0 Å². The van der Waals surface area contributed by atoms with Crippen LogP contribution in [0.15, 0.2) is 29.2 Å². The summed E-state index contributed by atoms with van der Waals surface area (Å²) in [5.41, 5.74) is 1.15. The van der Waals surface area contributed by atoms with Crippen LogP contribution < -0.4 is 5.32 Å². The van der Waals surface area contributed by atoms with Crippen molar-refractivity contribution in [2.75, 3.05) is 12.3 Å². The highest BCUT2D eigenvalue weighted by atomic mass is 32.2. The van der Waals surface area contributed by atoms with Crippen molar-refractivity contribution in [3.8, 4) is 0 Å². The Labute approximate surface area is 117 Å². The summed E-state index contributed by atoms with van der Waals surface area (Å²) in [5, 5.41) is 3.33. The van der Waals surface area contributed by atoms with Crippen LogP contribution in [0.25, 0.3) is 0 Å². The zero-order valence-corrected chi connectivity index (χ0v) is 12.1. The zero-order valence-electron chi connectivity index (χ0n) is 11.3. The molecule has 0 spiro atoms. The molecule has 0 aliphatic carbocycles. The van der Waals surface area contributed by atoms with Gasteiger partial charge in [-0.2, -0.15) is 13.2 Å². The standard InChI is InChI=1S/C14H20F3NS/c1-11(2)9-18-10-12-3-5-13(6-4-12)19-8-7-14(15,16)17/h3-6,11,18H,7-10H2,1-2H3. The quantitative estimate of drug-likeness (QED) is 0.744. The first kappa shape index (κ1) is 16.4. The summed E-state index contributed by atoms with van der Waals surface area (Å²) in [7, 11) is 0. The van der Waals surface area contributed by atoms with E-state index in [4.69, 9.17) is 0 Å². The number of rotatable bonds is 7. The summed E-state index contributed by atoms with van der Waals surface area (Å²) < 4.78 is 36.0. The first-order valence-corrected chi connectivity index (χ1v) is 7.34. The molecule has 5 heteroatoms. The van der Waals surface area contributed by atoms with Gasteiger partial charge >= 0.3 is 6.18 Å². The van der Waals surface area contributed by atoms with Gasteiger partial charge in [0.2, 0.25) is 0 Å². The molecule has 1 rings (SSSR count). The fraction of sp³-hybridized carbons (Fsp3) is 0.571. The molecule has 0 bridgehead atoms. The molecule has 0 amide bonds. The summed E-state index contributed by atoms with van der Waals surface area (Å²) in [5.74, 6) is 0.686. The Morgan fingerprint density at radius 3 is 2.32 bits per heavy atom. The Morgan fingerprint density at radius 1 is 1.16 bits per heavy atom. The van der Waals surface area contributed by atoms with Gasteiger partial charge in [-0.05, 0) is 30.2 Å². The number of hydrogen-bond donors (Lipinski definition) is 1. The SMILES string of the molecule is CC(C)CNCc1ccc(SCCC(F)(F)F)cc1. The molecule has 0 radical (unpaired) electrons. The van der Waals surface area contributed by atoms with E-state index in [1.165, 1.54) is 11.8 Å². The molecule has 0 saturated carbocycles. The van der Waals surface area contributed by atoms with Crippen LogP contribution in [0.2, 0.25) is 0 Å². The number of alkyl halides is 3. The highest BCUT2D eigenvalue weighted by Gasteiger charge is 2.26. The third-order valence-corrected chi connectivity index (χ3v) is 3.47. The molecular formula is C14H20F3NS. The van der Waals surface area contributed by atoms with Crippen molar-refractivity contribution in [1.82, 2.24) is 5.32 Å². The smallest absolute Gasteiger partial charge is 0.312 e. The summed E-state index contributed by atoms with van der Waals surface area (Å²) in [6, 6.07) is 7.69. The van der Waals surface area contributed by atoms with Crippen LogP contribution in [0.3, 0.4) is 0 Å². The Bertz CT molecular complexity index is 360. The van der Waals surface area contributed by atoms with Gasteiger partial charge in [0.15, 0.2) is 0 Å². The molecule has 0 fully saturated rings. The predicted octanol–water partition coefficient (Wildman–Crippen LogP) is 4.48. The normalized spacial score (nSPS) is 12.1. The molecular weight excluding hydrogens is 271 g/mol. The van der Waals surface area contributed by atoms with E-state index in [0.29, 0.717) is 5.92 Å². The van der Waals surface area contributed by atoms with E-state index in [-0.39, 0.29) is 5.75 Å². The second-order valence-corrected chi connectivity index (χ2v) is 6.05. The number of halogens is 3. The Morgan fingerprint density at radius 2 is 1.79 bits per heavy atom. The lowest BCUT2D eigenvalue weighted by Gasteiger charge is -2.08. The van der Waals surface area contributed by atoms with Crippen molar-refractivity contribution in [2.24, 2.45) is 5.92 Å². The molecule has 1 aromatic rings.